The number of halogens is 2. The van der Waals surface area contributed by atoms with Crippen LogP contribution in [0.3, 0.4) is 0 Å². The monoisotopic (exact) mass is 266 g/mol. The van der Waals surface area contributed by atoms with Crippen molar-refractivity contribution >= 4 is 28.9 Å². The number of rotatable bonds is 2. The van der Waals surface area contributed by atoms with Gasteiger partial charge in [-0.3, -0.25) is 10.1 Å². The van der Waals surface area contributed by atoms with Crippen molar-refractivity contribution in [2.75, 3.05) is 0 Å². The Kier molecular flexibility index (Phi) is 3.31. The highest BCUT2D eigenvalue weighted by molar-refractivity contribution is 6.39. The zero-order valence-corrected chi connectivity index (χ0v) is 10.00. The predicted octanol–water partition coefficient (Wildman–Crippen LogP) is 4.37. The van der Waals surface area contributed by atoms with Gasteiger partial charge in [0.05, 0.1) is 4.92 Å². The summed E-state index contributed by atoms with van der Waals surface area (Å²) < 4.78 is 0. The van der Waals surface area contributed by atoms with Crippen LogP contribution in [0, 0.1) is 16.2 Å². The molecule has 2 aromatic carbocycles. The van der Waals surface area contributed by atoms with Crippen LogP contribution in [-0.2, 0) is 0 Å². The van der Waals surface area contributed by atoms with Crippen molar-refractivity contribution < 1.29 is 4.92 Å². The summed E-state index contributed by atoms with van der Waals surface area (Å²) in [6, 6.07) is 12.2. The van der Waals surface area contributed by atoms with Gasteiger partial charge in [0, 0.05) is 27.7 Å². The number of hydrogen-bond donors (Lipinski definition) is 0. The molecule has 0 spiro atoms. The number of benzene rings is 2. The fourth-order valence-electron chi connectivity index (χ4n) is 1.47. The molecular weight excluding hydrogens is 261 g/mol. The van der Waals surface area contributed by atoms with Crippen molar-refractivity contribution in [2.24, 2.45) is 0 Å². The van der Waals surface area contributed by atoms with E-state index < -0.39 is 4.92 Å². The van der Waals surface area contributed by atoms with E-state index in [0.29, 0.717) is 21.2 Å². The second kappa shape index (κ2) is 4.73. The van der Waals surface area contributed by atoms with Crippen molar-refractivity contribution in [3.8, 4) is 11.1 Å². The molecular formula is C12H6Cl2NO2. The summed E-state index contributed by atoms with van der Waals surface area (Å²) in [5.41, 5.74) is 1.05. The summed E-state index contributed by atoms with van der Waals surface area (Å²) in [6.07, 6.45) is 0. The van der Waals surface area contributed by atoms with E-state index >= 15 is 0 Å². The molecule has 0 unspecified atom stereocenters. The zero-order valence-electron chi connectivity index (χ0n) is 8.48. The van der Waals surface area contributed by atoms with Gasteiger partial charge < -0.3 is 0 Å². The fourth-order valence-corrected chi connectivity index (χ4v) is 2.07. The molecule has 3 nitrogen and oxygen atoms in total. The molecule has 17 heavy (non-hydrogen) atoms. The molecule has 0 aromatic heterocycles. The van der Waals surface area contributed by atoms with E-state index in [0.717, 1.165) is 0 Å². The van der Waals surface area contributed by atoms with Crippen LogP contribution in [0.15, 0.2) is 36.4 Å². The Labute approximate surface area is 108 Å². The van der Waals surface area contributed by atoms with Crippen molar-refractivity contribution in [1.29, 1.82) is 0 Å². The molecule has 0 saturated carbocycles. The van der Waals surface area contributed by atoms with Gasteiger partial charge >= 0.3 is 0 Å². The Morgan fingerprint density at radius 2 is 1.82 bits per heavy atom. The number of non-ortho nitro benzene ring substituents is 1. The highest BCUT2D eigenvalue weighted by atomic mass is 35.5. The van der Waals surface area contributed by atoms with Crippen molar-refractivity contribution in [2.45, 2.75) is 0 Å². The normalized spacial score (nSPS) is 10.2. The minimum atomic E-state index is -0.470. The predicted molar refractivity (Wildman–Crippen MR) is 67.4 cm³/mol. The molecule has 0 aliphatic rings. The summed E-state index contributed by atoms with van der Waals surface area (Å²) in [4.78, 5) is 10.2. The molecule has 0 aliphatic carbocycles. The molecule has 0 saturated heterocycles. The minimum absolute atomic E-state index is 0.0188. The summed E-state index contributed by atoms with van der Waals surface area (Å²) >= 11 is 12.0. The average Bonchev–Trinajstić information content (AvgIpc) is 2.29. The third-order valence-corrected chi connectivity index (χ3v) is 2.86. The Hall–Kier alpha value is -1.58. The standard InChI is InChI=1S/C12H6Cl2NO2/c13-10-5-2-6-11(14)12(10)8-3-1-4-9(7-8)15(16)17/h1-2,4-7H. The number of nitro benzene ring substituents is 1. The molecule has 85 valence electrons. The van der Waals surface area contributed by atoms with Crippen LogP contribution in [0.4, 0.5) is 5.69 Å². The molecule has 0 heterocycles. The Morgan fingerprint density at radius 3 is 2.41 bits per heavy atom. The lowest BCUT2D eigenvalue weighted by molar-refractivity contribution is -0.384. The maximum Gasteiger partial charge on any atom is 0.270 e. The fraction of sp³-hybridized carbons (Fsp3) is 0. The molecule has 0 bridgehead atoms. The minimum Gasteiger partial charge on any atom is -0.258 e. The topological polar surface area (TPSA) is 43.1 Å². The van der Waals surface area contributed by atoms with Gasteiger partial charge in [0.2, 0.25) is 0 Å². The van der Waals surface area contributed by atoms with E-state index in [1.54, 1.807) is 18.2 Å². The number of hydrogen-bond acceptors (Lipinski definition) is 2. The summed E-state index contributed by atoms with van der Waals surface area (Å²) in [5, 5.41) is 11.6. The van der Waals surface area contributed by atoms with E-state index in [1.807, 2.05) is 0 Å². The Balaban J connectivity index is 2.61. The largest absolute Gasteiger partial charge is 0.270 e. The summed E-state index contributed by atoms with van der Waals surface area (Å²) in [5.74, 6) is 0. The van der Waals surface area contributed by atoms with Crippen LogP contribution in [0.2, 0.25) is 10.0 Å². The quantitative estimate of drug-likeness (QED) is 0.599. The van der Waals surface area contributed by atoms with Gasteiger partial charge in [-0.25, -0.2) is 0 Å². The summed E-state index contributed by atoms with van der Waals surface area (Å²) in [7, 11) is 0. The maximum absolute atomic E-state index is 10.7. The van der Waals surface area contributed by atoms with Crippen LogP contribution < -0.4 is 0 Å². The highest BCUT2D eigenvalue weighted by Gasteiger charge is 2.12. The molecule has 2 aromatic rings. The maximum atomic E-state index is 10.7. The van der Waals surface area contributed by atoms with Gasteiger partial charge in [-0.2, -0.15) is 0 Å². The van der Waals surface area contributed by atoms with Crippen LogP contribution in [0.25, 0.3) is 11.1 Å². The molecule has 0 atom stereocenters. The molecule has 0 aliphatic heterocycles. The van der Waals surface area contributed by atoms with Crippen LogP contribution >= 0.6 is 23.2 Å². The second-order valence-electron chi connectivity index (χ2n) is 3.31. The first-order valence-corrected chi connectivity index (χ1v) is 5.45. The molecule has 0 amide bonds. The van der Waals surface area contributed by atoms with Crippen molar-refractivity contribution in [3.63, 3.8) is 0 Å². The van der Waals surface area contributed by atoms with E-state index in [2.05, 4.69) is 6.07 Å². The van der Waals surface area contributed by atoms with Gasteiger partial charge in [-0.1, -0.05) is 29.3 Å². The van der Waals surface area contributed by atoms with E-state index in [-0.39, 0.29) is 5.69 Å². The second-order valence-corrected chi connectivity index (χ2v) is 4.13. The summed E-state index contributed by atoms with van der Waals surface area (Å²) in [6.45, 7) is 0. The molecule has 0 fully saturated rings. The molecule has 2 rings (SSSR count). The molecule has 5 heteroatoms. The van der Waals surface area contributed by atoms with Crippen LogP contribution in [0.5, 0.6) is 0 Å². The first kappa shape index (κ1) is 11.9. The smallest absolute Gasteiger partial charge is 0.258 e. The van der Waals surface area contributed by atoms with Gasteiger partial charge in [-0.05, 0) is 29.8 Å². The molecule has 0 N–H and O–H groups in total. The van der Waals surface area contributed by atoms with Gasteiger partial charge in [0.15, 0.2) is 0 Å². The number of nitro groups is 1. The Morgan fingerprint density at radius 1 is 1.18 bits per heavy atom. The van der Waals surface area contributed by atoms with E-state index in [9.17, 15) is 10.1 Å². The van der Waals surface area contributed by atoms with Crippen LogP contribution in [0.1, 0.15) is 0 Å². The van der Waals surface area contributed by atoms with Gasteiger partial charge in [-0.15, -0.1) is 0 Å². The van der Waals surface area contributed by atoms with E-state index in [4.69, 9.17) is 23.2 Å². The SMILES string of the molecule is O=[N+]([O-])c1cc[c]c(-c2c(Cl)cccc2Cl)c1. The van der Waals surface area contributed by atoms with E-state index in [1.165, 1.54) is 18.2 Å². The highest BCUT2D eigenvalue weighted by Crippen LogP contribution is 2.35. The van der Waals surface area contributed by atoms with Gasteiger partial charge in [0.1, 0.15) is 0 Å². The first-order chi connectivity index (χ1) is 8.09. The zero-order chi connectivity index (χ0) is 12.4. The Bertz CT molecular complexity index is 564. The van der Waals surface area contributed by atoms with Crippen molar-refractivity contribution in [1.82, 2.24) is 0 Å². The third kappa shape index (κ3) is 2.40. The average molecular weight is 267 g/mol. The van der Waals surface area contributed by atoms with Crippen LogP contribution in [-0.4, -0.2) is 4.92 Å². The first-order valence-electron chi connectivity index (χ1n) is 4.70. The lowest BCUT2D eigenvalue weighted by Crippen LogP contribution is -1.89. The van der Waals surface area contributed by atoms with Gasteiger partial charge in [0.25, 0.3) is 5.69 Å². The van der Waals surface area contributed by atoms with Crippen molar-refractivity contribution in [3.05, 3.63) is 62.6 Å². The lowest BCUT2D eigenvalue weighted by Gasteiger charge is -2.06. The number of nitrogens with zero attached hydrogens (tertiary/aromatic N) is 1. The molecule has 1 radical (unpaired) electrons. The lowest BCUT2D eigenvalue weighted by atomic mass is 10.1. The third-order valence-electron chi connectivity index (χ3n) is 2.23.